The molecule has 0 saturated heterocycles. The lowest BCUT2D eigenvalue weighted by Crippen LogP contribution is -2.04. The summed E-state index contributed by atoms with van der Waals surface area (Å²) in [6.07, 6.45) is 7.65. The maximum absolute atomic E-state index is 5.76. The van der Waals surface area contributed by atoms with Gasteiger partial charge in [0.15, 0.2) is 11.6 Å². The second-order valence-corrected chi connectivity index (χ2v) is 6.45. The first-order chi connectivity index (χ1) is 11.4. The van der Waals surface area contributed by atoms with E-state index < -0.39 is 0 Å². The first-order valence-electron chi connectivity index (χ1n) is 7.71. The summed E-state index contributed by atoms with van der Waals surface area (Å²) in [5.41, 5.74) is 0. The Balaban J connectivity index is 1.37. The smallest absolute Gasteiger partial charge is 0.293 e. The Bertz CT molecular complexity index is 746. The van der Waals surface area contributed by atoms with Crippen LogP contribution >= 0.6 is 11.8 Å². The molecule has 0 atom stereocenters. The monoisotopic (exact) mass is 332 g/mol. The fourth-order valence-electron chi connectivity index (χ4n) is 2.73. The number of rotatable bonds is 5. The molecule has 1 fully saturated rings. The second-order valence-electron chi connectivity index (χ2n) is 5.52. The molecule has 3 heterocycles. The molecule has 3 aromatic rings. The van der Waals surface area contributed by atoms with E-state index in [2.05, 4.69) is 20.3 Å². The molecule has 3 aromatic heterocycles. The van der Waals surface area contributed by atoms with E-state index in [0.29, 0.717) is 34.4 Å². The van der Waals surface area contributed by atoms with Gasteiger partial charge in [-0.15, -0.1) is 10.2 Å². The highest BCUT2D eigenvalue weighted by Crippen LogP contribution is 2.33. The van der Waals surface area contributed by atoms with Crippen molar-refractivity contribution in [1.82, 2.24) is 20.3 Å². The van der Waals surface area contributed by atoms with Crippen LogP contribution in [0.15, 0.2) is 37.0 Å². The van der Waals surface area contributed by atoms with Crippen molar-refractivity contribution in [3.63, 3.8) is 0 Å². The minimum Gasteiger partial charge on any atom is -0.459 e. The molecule has 0 radical (unpaired) electrons. The largest absolute Gasteiger partial charge is 0.459 e. The Morgan fingerprint density at radius 2 is 2.09 bits per heavy atom. The standard InChI is InChI=1S/C15H16N4O3S/c1-2-5-10(6-3-1)13-17-18-15(21-13)23-9-12-16-14(22-19-12)11-7-4-8-20-11/h4,7-8,10H,1-3,5-6,9H2. The number of hydrogen-bond acceptors (Lipinski definition) is 8. The number of thioether (sulfide) groups is 1. The highest BCUT2D eigenvalue weighted by atomic mass is 32.2. The van der Waals surface area contributed by atoms with E-state index in [1.165, 1.54) is 31.0 Å². The first-order valence-corrected chi connectivity index (χ1v) is 8.70. The Labute approximate surface area is 136 Å². The molecule has 0 spiro atoms. The quantitative estimate of drug-likeness (QED) is 0.646. The van der Waals surface area contributed by atoms with Crippen molar-refractivity contribution in [1.29, 1.82) is 0 Å². The van der Waals surface area contributed by atoms with Gasteiger partial charge in [-0.3, -0.25) is 0 Å². The zero-order valence-electron chi connectivity index (χ0n) is 12.5. The normalized spacial score (nSPS) is 16.0. The molecule has 0 aromatic carbocycles. The van der Waals surface area contributed by atoms with Gasteiger partial charge >= 0.3 is 0 Å². The molecule has 0 bridgehead atoms. The van der Waals surface area contributed by atoms with Gasteiger partial charge in [0.05, 0.1) is 12.0 Å². The van der Waals surface area contributed by atoms with Crippen molar-refractivity contribution < 1.29 is 13.4 Å². The summed E-state index contributed by atoms with van der Waals surface area (Å²) in [4.78, 5) is 4.28. The van der Waals surface area contributed by atoms with Crippen LogP contribution in [0.2, 0.25) is 0 Å². The molecule has 1 aliphatic rings. The zero-order valence-corrected chi connectivity index (χ0v) is 13.3. The van der Waals surface area contributed by atoms with Gasteiger partial charge in [0.1, 0.15) is 0 Å². The molecule has 0 aliphatic heterocycles. The van der Waals surface area contributed by atoms with Gasteiger partial charge < -0.3 is 13.4 Å². The maximum Gasteiger partial charge on any atom is 0.293 e. The third kappa shape index (κ3) is 3.31. The van der Waals surface area contributed by atoms with Gasteiger partial charge in [0.2, 0.25) is 5.89 Å². The summed E-state index contributed by atoms with van der Waals surface area (Å²) in [7, 11) is 0. The Kier molecular flexibility index (Phi) is 4.14. The Morgan fingerprint density at radius 3 is 2.91 bits per heavy atom. The van der Waals surface area contributed by atoms with Crippen LogP contribution in [0.5, 0.6) is 0 Å². The number of hydrogen-bond donors (Lipinski definition) is 0. The van der Waals surface area contributed by atoms with Gasteiger partial charge in [0.25, 0.3) is 11.1 Å². The Hall–Kier alpha value is -2.09. The van der Waals surface area contributed by atoms with Gasteiger partial charge in [-0.25, -0.2) is 0 Å². The Morgan fingerprint density at radius 1 is 1.17 bits per heavy atom. The van der Waals surface area contributed by atoms with Crippen molar-refractivity contribution in [2.24, 2.45) is 0 Å². The fourth-order valence-corrected chi connectivity index (χ4v) is 3.35. The lowest BCUT2D eigenvalue weighted by molar-refractivity contribution is 0.334. The van der Waals surface area contributed by atoms with Crippen LogP contribution < -0.4 is 0 Å². The molecular weight excluding hydrogens is 316 g/mol. The van der Waals surface area contributed by atoms with E-state index in [1.807, 2.05) is 0 Å². The van der Waals surface area contributed by atoms with Crippen molar-refractivity contribution in [2.45, 2.75) is 49.0 Å². The van der Waals surface area contributed by atoms with E-state index in [4.69, 9.17) is 13.4 Å². The van der Waals surface area contributed by atoms with Gasteiger partial charge in [-0.2, -0.15) is 4.98 Å². The maximum atomic E-state index is 5.76. The molecular formula is C15H16N4O3S. The minimum absolute atomic E-state index is 0.374. The zero-order chi connectivity index (χ0) is 15.5. The molecule has 0 amide bonds. The molecule has 4 rings (SSSR count). The van der Waals surface area contributed by atoms with Crippen LogP contribution in [-0.2, 0) is 5.75 Å². The third-order valence-corrected chi connectivity index (χ3v) is 4.72. The predicted octanol–water partition coefficient (Wildman–Crippen LogP) is 4.05. The van der Waals surface area contributed by atoms with Crippen molar-refractivity contribution in [2.75, 3.05) is 0 Å². The summed E-state index contributed by atoms with van der Waals surface area (Å²) in [6, 6.07) is 3.55. The molecule has 0 unspecified atom stereocenters. The second kappa shape index (κ2) is 6.57. The van der Waals surface area contributed by atoms with E-state index in [1.54, 1.807) is 18.4 Å². The van der Waals surface area contributed by atoms with Gasteiger partial charge in [-0.05, 0) is 25.0 Å². The highest BCUT2D eigenvalue weighted by Gasteiger charge is 2.21. The lowest BCUT2D eigenvalue weighted by Gasteiger charge is -2.17. The van der Waals surface area contributed by atoms with Crippen LogP contribution in [0.3, 0.4) is 0 Å². The third-order valence-electron chi connectivity index (χ3n) is 3.90. The average molecular weight is 332 g/mol. The van der Waals surface area contributed by atoms with Crippen molar-refractivity contribution >= 4 is 11.8 Å². The minimum atomic E-state index is 0.374. The van der Waals surface area contributed by atoms with Crippen LogP contribution in [0.1, 0.15) is 49.7 Å². The van der Waals surface area contributed by atoms with E-state index in [0.717, 1.165) is 18.7 Å². The van der Waals surface area contributed by atoms with Crippen LogP contribution in [0, 0.1) is 0 Å². The number of furan rings is 1. The number of aromatic nitrogens is 4. The van der Waals surface area contributed by atoms with Crippen molar-refractivity contribution in [3.05, 3.63) is 30.1 Å². The molecule has 1 saturated carbocycles. The summed E-state index contributed by atoms with van der Waals surface area (Å²) >= 11 is 1.41. The predicted molar refractivity (Wildman–Crippen MR) is 81.7 cm³/mol. The molecule has 0 N–H and O–H groups in total. The molecule has 8 heteroatoms. The fraction of sp³-hybridized carbons (Fsp3) is 0.467. The van der Waals surface area contributed by atoms with Crippen LogP contribution in [0.4, 0.5) is 0 Å². The topological polar surface area (TPSA) is 91.0 Å². The summed E-state index contributed by atoms with van der Waals surface area (Å²) < 4.78 is 16.1. The van der Waals surface area contributed by atoms with Gasteiger partial charge in [0, 0.05) is 5.92 Å². The van der Waals surface area contributed by atoms with E-state index in [-0.39, 0.29) is 0 Å². The summed E-state index contributed by atoms with van der Waals surface area (Å²) in [5, 5.41) is 12.8. The highest BCUT2D eigenvalue weighted by molar-refractivity contribution is 7.98. The van der Waals surface area contributed by atoms with Crippen LogP contribution in [0.25, 0.3) is 11.7 Å². The molecule has 1 aliphatic carbocycles. The average Bonchev–Trinajstić information content (AvgIpc) is 3.33. The van der Waals surface area contributed by atoms with Gasteiger partial charge in [-0.1, -0.05) is 36.2 Å². The molecule has 23 heavy (non-hydrogen) atoms. The molecule has 120 valence electrons. The first kappa shape index (κ1) is 14.5. The lowest BCUT2D eigenvalue weighted by atomic mass is 9.89. The number of nitrogens with zero attached hydrogens (tertiary/aromatic N) is 4. The SMILES string of the molecule is c1coc(-c2nc(CSc3nnc(C4CCCCC4)o3)no2)c1. The summed E-state index contributed by atoms with van der Waals surface area (Å²) in [6.45, 7) is 0. The summed E-state index contributed by atoms with van der Waals surface area (Å²) in [5.74, 6) is 3.19. The van der Waals surface area contributed by atoms with E-state index >= 15 is 0 Å². The molecule has 7 nitrogen and oxygen atoms in total. The van der Waals surface area contributed by atoms with Crippen LogP contribution in [-0.4, -0.2) is 20.3 Å². The van der Waals surface area contributed by atoms with Crippen molar-refractivity contribution in [3.8, 4) is 11.7 Å². The van der Waals surface area contributed by atoms with E-state index in [9.17, 15) is 0 Å².